The number of amides is 2. The normalized spacial score (nSPS) is 10.3. The highest BCUT2D eigenvalue weighted by Crippen LogP contribution is 2.19. The van der Waals surface area contributed by atoms with E-state index in [1.807, 2.05) is 0 Å². The summed E-state index contributed by atoms with van der Waals surface area (Å²) < 4.78 is 18.9. The Morgan fingerprint density at radius 3 is 2.28 bits per heavy atom. The zero-order valence-corrected chi connectivity index (χ0v) is 14.3. The van der Waals surface area contributed by atoms with E-state index in [1.54, 1.807) is 36.4 Å². The Kier molecular flexibility index (Phi) is 4.95. The van der Waals surface area contributed by atoms with Gasteiger partial charge in [-0.25, -0.2) is 4.39 Å². The molecule has 126 valence electrons. The number of benzene rings is 2. The molecule has 25 heavy (non-hydrogen) atoms. The number of carbonyl (C=O) groups is 2. The first-order valence-corrected chi connectivity index (χ1v) is 8.03. The zero-order valence-electron chi connectivity index (χ0n) is 12.8. The molecule has 1 heterocycles. The molecule has 0 bridgehead atoms. The summed E-state index contributed by atoms with van der Waals surface area (Å²) in [5.41, 5.74) is 1.12. The van der Waals surface area contributed by atoms with Crippen molar-refractivity contribution in [1.82, 2.24) is 0 Å². The second-order valence-corrected chi connectivity index (χ2v) is 6.04. The molecule has 3 aromatic rings. The van der Waals surface area contributed by atoms with Crippen LogP contribution < -0.4 is 10.6 Å². The number of furan rings is 1. The van der Waals surface area contributed by atoms with Crippen LogP contribution in [0.5, 0.6) is 0 Å². The number of hydrogen-bond acceptors (Lipinski definition) is 3. The summed E-state index contributed by atoms with van der Waals surface area (Å²) in [4.78, 5) is 24.2. The van der Waals surface area contributed by atoms with Gasteiger partial charge in [-0.3, -0.25) is 9.59 Å². The molecular formula is C18H12BrFN2O3. The Morgan fingerprint density at radius 2 is 1.64 bits per heavy atom. The minimum absolute atomic E-state index is 0.178. The maximum atomic E-state index is 13.4. The molecule has 0 saturated carbocycles. The molecule has 2 N–H and O–H groups in total. The van der Waals surface area contributed by atoms with Crippen LogP contribution in [0.15, 0.2) is 69.8 Å². The lowest BCUT2D eigenvalue weighted by Crippen LogP contribution is -2.13. The van der Waals surface area contributed by atoms with Gasteiger partial charge in [-0.05, 0) is 48.5 Å². The molecule has 5 nitrogen and oxygen atoms in total. The van der Waals surface area contributed by atoms with Crippen molar-refractivity contribution in [2.75, 3.05) is 10.6 Å². The highest BCUT2D eigenvalue weighted by atomic mass is 79.9. The van der Waals surface area contributed by atoms with Crippen molar-refractivity contribution in [1.29, 1.82) is 0 Å². The van der Waals surface area contributed by atoms with E-state index in [0.29, 0.717) is 15.8 Å². The Balaban J connectivity index is 1.73. The van der Waals surface area contributed by atoms with E-state index in [4.69, 9.17) is 4.42 Å². The fourth-order valence-electron chi connectivity index (χ4n) is 2.16. The van der Waals surface area contributed by atoms with E-state index in [9.17, 15) is 14.0 Å². The fraction of sp³-hybridized carbons (Fsp3) is 0. The summed E-state index contributed by atoms with van der Waals surface area (Å²) in [5.74, 6) is -1.20. The number of carbonyl (C=O) groups excluding carboxylic acids is 2. The van der Waals surface area contributed by atoms with Crippen molar-refractivity contribution < 1.29 is 18.4 Å². The fourth-order valence-corrected chi connectivity index (χ4v) is 2.63. The third-order valence-corrected chi connectivity index (χ3v) is 3.71. The van der Waals surface area contributed by atoms with Crippen molar-refractivity contribution in [3.8, 4) is 0 Å². The van der Waals surface area contributed by atoms with Gasteiger partial charge in [0, 0.05) is 21.4 Å². The molecule has 1 aromatic heterocycles. The van der Waals surface area contributed by atoms with Gasteiger partial charge in [0.2, 0.25) is 0 Å². The largest absolute Gasteiger partial charge is 0.459 e. The van der Waals surface area contributed by atoms with Crippen molar-refractivity contribution in [2.45, 2.75) is 0 Å². The average Bonchev–Trinajstić information content (AvgIpc) is 3.09. The molecule has 7 heteroatoms. The number of halogens is 2. The standard InChI is InChI=1S/C18H12BrFN2O3/c19-12-7-11(8-13(20)9-12)17(23)21-14-3-1-4-15(10-14)22-18(24)16-5-2-6-25-16/h1-10H,(H,21,23)(H,22,24). The second-order valence-electron chi connectivity index (χ2n) is 5.12. The van der Waals surface area contributed by atoms with Gasteiger partial charge in [0.25, 0.3) is 11.8 Å². The minimum atomic E-state index is -0.515. The monoisotopic (exact) mass is 402 g/mol. The maximum Gasteiger partial charge on any atom is 0.291 e. The Bertz CT molecular complexity index is 906. The Morgan fingerprint density at radius 1 is 0.920 bits per heavy atom. The third-order valence-electron chi connectivity index (χ3n) is 3.25. The molecule has 0 aliphatic carbocycles. The molecule has 2 amide bonds. The molecule has 3 rings (SSSR count). The van der Waals surface area contributed by atoms with Crippen molar-refractivity contribution in [2.24, 2.45) is 0 Å². The van der Waals surface area contributed by atoms with Gasteiger partial charge in [0.15, 0.2) is 5.76 Å². The van der Waals surface area contributed by atoms with Crippen LogP contribution >= 0.6 is 15.9 Å². The van der Waals surface area contributed by atoms with E-state index >= 15 is 0 Å². The first-order chi connectivity index (χ1) is 12.0. The molecule has 0 fully saturated rings. The summed E-state index contributed by atoms with van der Waals surface area (Å²) in [5, 5.41) is 5.32. The second kappa shape index (κ2) is 7.31. The first-order valence-electron chi connectivity index (χ1n) is 7.23. The molecule has 2 aromatic carbocycles. The van der Waals surface area contributed by atoms with Crippen LogP contribution in [-0.4, -0.2) is 11.8 Å². The lowest BCUT2D eigenvalue weighted by atomic mass is 10.2. The minimum Gasteiger partial charge on any atom is -0.459 e. The number of nitrogens with one attached hydrogen (secondary N) is 2. The smallest absolute Gasteiger partial charge is 0.291 e. The topological polar surface area (TPSA) is 71.3 Å². The SMILES string of the molecule is O=C(Nc1cccc(NC(=O)c2ccco2)c1)c1cc(F)cc(Br)c1. The molecule has 0 atom stereocenters. The van der Waals surface area contributed by atoms with Crippen molar-refractivity contribution >= 4 is 39.1 Å². The third kappa shape index (κ3) is 4.33. The summed E-state index contributed by atoms with van der Waals surface area (Å²) in [6.07, 6.45) is 1.41. The Labute approximate surface area is 151 Å². The molecule has 0 radical (unpaired) electrons. The van der Waals surface area contributed by atoms with Crippen LogP contribution in [0.4, 0.5) is 15.8 Å². The van der Waals surface area contributed by atoms with Crippen LogP contribution in [0.2, 0.25) is 0 Å². The molecular weight excluding hydrogens is 391 g/mol. The molecule has 0 saturated heterocycles. The van der Waals surface area contributed by atoms with Gasteiger partial charge in [-0.15, -0.1) is 0 Å². The maximum absolute atomic E-state index is 13.4. The summed E-state index contributed by atoms with van der Waals surface area (Å²) in [7, 11) is 0. The van der Waals surface area contributed by atoms with Gasteiger partial charge in [0.1, 0.15) is 5.82 Å². The lowest BCUT2D eigenvalue weighted by molar-refractivity contribution is 0.0995. The van der Waals surface area contributed by atoms with Crippen LogP contribution in [0.3, 0.4) is 0 Å². The van der Waals surface area contributed by atoms with Crippen molar-refractivity contribution in [3.63, 3.8) is 0 Å². The van der Waals surface area contributed by atoms with Gasteiger partial charge in [0.05, 0.1) is 6.26 Å². The summed E-state index contributed by atoms with van der Waals surface area (Å²) >= 11 is 3.15. The highest BCUT2D eigenvalue weighted by molar-refractivity contribution is 9.10. The zero-order chi connectivity index (χ0) is 17.8. The predicted molar refractivity (Wildman–Crippen MR) is 95.2 cm³/mol. The number of rotatable bonds is 4. The van der Waals surface area contributed by atoms with E-state index in [2.05, 4.69) is 26.6 Å². The van der Waals surface area contributed by atoms with E-state index < -0.39 is 17.6 Å². The average molecular weight is 403 g/mol. The van der Waals surface area contributed by atoms with Crippen LogP contribution in [0.1, 0.15) is 20.9 Å². The first kappa shape index (κ1) is 16.9. The number of hydrogen-bond donors (Lipinski definition) is 2. The van der Waals surface area contributed by atoms with Crippen LogP contribution in [0.25, 0.3) is 0 Å². The molecule has 0 spiro atoms. The van der Waals surface area contributed by atoms with E-state index in [-0.39, 0.29) is 11.3 Å². The van der Waals surface area contributed by atoms with Crippen LogP contribution in [-0.2, 0) is 0 Å². The lowest BCUT2D eigenvalue weighted by Gasteiger charge is -2.09. The van der Waals surface area contributed by atoms with Crippen LogP contribution in [0, 0.1) is 5.82 Å². The summed E-state index contributed by atoms with van der Waals surface area (Å²) in [6.45, 7) is 0. The summed E-state index contributed by atoms with van der Waals surface area (Å²) in [6, 6.07) is 13.7. The van der Waals surface area contributed by atoms with Gasteiger partial charge >= 0.3 is 0 Å². The van der Waals surface area contributed by atoms with E-state index in [1.165, 1.54) is 18.4 Å². The van der Waals surface area contributed by atoms with Gasteiger partial charge in [-0.2, -0.15) is 0 Å². The van der Waals surface area contributed by atoms with E-state index in [0.717, 1.165) is 6.07 Å². The van der Waals surface area contributed by atoms with Gasteiger partial charge < -0.3 is 15.1 Å². The predicted octanol–water partition coefficient (Wildman–Crippen LogP) is 4.69. The number of anilines is 2. The highest BCUT2D eigenvalue weighted by Gasteiger charge is 2.11. The molecule has 0 aliphatic heterocycles. The Hall–Kier alpha value is -2.93. The van der Waals surface area contributed by atoms with Gasteiger partial charge in [-0.1, -0.05) is 22.0 Å². The molecule has 0 aliphatic rings. The molecule has 0 unspecified atom stereocenters. The van der Waals surface area contributed by atoms with Crippen molar-refractivity contribution in [3.05, 3.63) is 82.5 Å². The quantitative estimate of drug-likeness (QED) is 0.664.